The second-order valence-electron chi connectivity index (χ2n) is 5.04. The molecule has 5 nitrogen and oxygen atoms in total. The second-order valence-corrected chi connectivity index (χ2v) is 7.13. The number of thioether (sulfide) groups is 1. The van der Waals surface area contributed by atoms with Gasteiger partial charge in [-0.15, -0.1) is 10.2 Å². The fourth-order valence-electron chi connectivity index (χ4n) is 2.17. The summed E-state index contributed by atoms with van der Waals surface area (Å²) in [5.74, 6) is -0.0632. The maximum Gasteiger partial charge on any atom is 0.233 e. The molecule has 0 radical (unpaired) electrons. The molecular weight excluding hydrogens is 340 g/mol. The lowest BCUT2D eigenvalue weighted by Gasteiger charge is -2.11. The van der Waals surface area contributed by atoms with Crippen molar-refractivity contribution in [2.45, 2.75) is 17.3 Å². The predicted molar refractivity (Wildman–Crippen MR) is 98.0 cm³/mol. The number of benzene rings is 1. The van der Waals surface area contributed by atoms with Gasteiger partial charge in [0.05, 0.1) is 5.25 Å². The van der Waals surface area contributed by atoms with Gasteiger partial charge in [-0.2, -0.15) is 11.3 Å². The van der Waals surface area contributed by atoms with Gasteiger partial charge < -0.3 is 5.32 Å². The summed E-state index contributed by atoms with van der Waals surface area (Å²) in [4.78, 5) is 16.4. The number of carbonyl (C=O) groups is 1. The topological polar surface area (TPSA) is 67.8 Å². The van der Waals surface area contributed by atoms with E-state index in [1.54, 1.807) is 18.4 Å². The number of rotatable bonds is 5. The van der Waals surface area contributed by atoms with Crippen LogP contribution in [0.3, 0.4) is 0 Å². The first-order chi connectivity index (χ1) is 11.7. The van der Waals surface area contributed by atoms with Crippen LogP contribution in [0.1, 0.15) is 6.92 Å². The van der Waals surface area contributed by atoms with Crippen molar-refractivity contribution in [2.24, 2.45) is 0 Å². The minimum Gasteiger partial charge on any atom is -0.358 e. The molecule has 0 aliphatic heterocycles. The minimum absolute atomic E-state index is 0.0632. The highest BCUT2D eigenvalue weighted by molar-refractivity contribution is 8.00. The molecule has 0 bridgehead atoms. The van der Waals surface area contributed by atoms with Crippen LogP contribution in [-0.4, -0.2) is 33.4 Å². The fourth-order valence-corrected chi connectivity index (χ4v) is 3.58. The van der Waals surface area contributed by atoms with E-state index in [1.807, 2.05) is 54.1 Å². The van der Waals surface area contributed by atoms with Crippen LogP contribution in [0.25, 0.3) is 22.5 Å². The van der Waals surface area contributed by atoms with Gasteiger partial charge in [-0.05, 0) is 18.4 Å². The van der Waals surface area contributed by atoms with Crippen molar-refractivity contribution in [3.8, 4) is 22.5 Å². The van der Waals surface area contributed by atoms with Crippen molar-refractivity contribution < 1.29 is 4.79 Å². The molecule has 122 valence electrons. The number of hydrogen-bond acceptors (Lipinski definition) is 6. The predicted octanol–water partition coefficient (Wildman–Crippen LogP) is 3.49. The Labute approximate surface area is 148 Å². The van der Waals surface area contributed by atoms with Crippen LogP contribution in [0.2, 0.25) is 0 Å². The van der Waals surface area contributed by atoms with Gasteiger partial charge in [-0.3, -0.25) is 4.79 Å². The van der Waals surface area contributed by atoms with E-state index in [0.717, 1.165) is 22.5 Å². The van der Waals surface area contributed by atoms with Crippen molar-refractivity contribution in [1.29, 1.82) is 0 Å². The summed E-state index contributed by atoms with van der Waals surface area (Å²) in [7, 11) is 1.62. The number of hydrogen-bond donors (Lipinski definition) is 1. The Hall–Kier alpha value is -2.25. The minimum atomic E-state index is -0.285. The van der Waals surface area contributed by atoms with E-state index < -0.39 is 0 Å². The number of nitrogens with zero attached hydrogens (tertiary/aromatic N) is 3. The summed E-state index contributed by atoms with van der Waals surface area (Å²) in [6.07, 6.45) is 0. The summed E-state index contributed by atoms with van der Waals surface area (Å²) in [5, 5.41) is 15.4. The van der Waals surface area contributed by atoms with Crippen LogP contribution in [0, 0.1) is 0 Å². The second kappa shape index (κ2) is 7.55. The lowest BCUT2D eigenvalue weighted by Crippen LogP contribution is -2.27. The summed E-state index contributed by atoms with van der Waals surface area (Å²) in [6.45, 7) is 1.82. The van der Waals surface area contributed by atoms with Crippen molar-refractivity contribution in [3.63, 3.8) is 0 Å². The molecule has 0 aliphatic rings. The Balaban J connectivity index is 2.02. The zero-order chi connectivity index (χ0) is 16.9. The monoisotopic (exact) mass is 356 g/mol. The van der Waals surface area contributed by atoms with Gasteiger partial charge in [0.15, 0.2) is 0 Å². The molecule has 0 saturated heterocycles. The van der Waals surface area contributed by atoms with Crippen LogP contribution in [0.15, 0.2) is 52.3 Å². The molecular formula is C17H16N4OS2. The third-order valence-electron chi connectivity index (χ3n) is 3.41. The first kappa shape index (κ1) is 16.6. The summed E-state index contributed by atoms with van der Waals surface area (Å²) in [5.41, 5.74) is 3.49. The van der Waals surface area contributed by atoms with E-state index in [2.05, 4.69) is 20.5 Å². The van der Waals surface area contributed by atoms with Gasteiger partial charge in [0.25, 0.3) is 0 Å². The molecule has 1 atom stereocenters. The Morgan fingerprint density at radius 1 is 1.12 bits per heavy atom. The Kier molecular flexibility index (Phi) is 5.22. The van der Waals surface area contributed by atoms with Crippen LogP contribution < -0.4 is 5.32 Å². The molecule has 1 N–H and O–H groups in total. The van der Waals surface area contributed by atoms with E-state index >= 15 is 0 Å². The molecule has 1 aromatic carbocycles. The average Bonchev–Trinajstić information content (AvgIpc) is 3.16. The molecule has 2 aromatic heterocycles. The van der Waals surface area contributed by atoms with E-state index in [4.69, 9.17) is 0 Å². The maximum absolute atomic E-state index is 11.7. The molecule has 24 heavy (non-hydrogen) atoms. The maximum atomic E-state index is 11.7. The number of nitrogens with one attached hydrogen (secondary N) is 1. The van der Waals surface area contributed by atoms with Crippen LogP contribution in [-0.2, 0) is 4.79 Å². The van der Waals surface area contributed by atoms with Gasteiger partial charge in [0.2, 0.25) is 11.1 Å². The highest BCUT2D eigenvalue weighted by atomic mass is 32.2. The standard InChI is InChI=1S/C17H16N4OS2/c1-11(16(22)18-2)24-17-19-14(12-6-4-3-5-7-12)15(20-21-17)13-8-9-23-10-13/h3-11H,1-2H3,(H,18,22). The Bertz CT molecular complexity index is 822. The largest absolute Gasteiger partial charge is 0.358 e. The third kappa shape index (κ3) is 3.63. The zero-order valence-electron chi connectivity index (χ0n) is 13.3. The van der Waals surface area contributed by atoms with Gasteiger partial charge in [-0.1, -0.05) is 42.1 Å². The molecule has 1 amide bonds. The smallest absolute Gasteiger partial charge is 0.233 e. The highest BCUT2D eigenvalue weighted by Gasteiger charge is 2.18. The fraction of sp³-hybridized carbons (Fsp3) is 0.176. The SMILES string of the molecule is CNC(=O)C(C)Sc1nnc(-c2ccsc2)c(-c2ccccc2)n1. The molecule has 0 aliphatic carbocycles. The summed E-state index contributed by atoms with van der Waals surface area (Å²) < 4.78 is 0. The molecule has 0 saturated carbocycles. The number of amides is 1. The van der Waals surface area contributed by atoms with E-state index in [1.165, 1.54) is 11.8 Å². The van der Waals surface area contributed by atoms with E-state index in [-0.39, 0.29) is 11.2 Å². The third-order valence-corrected chi connectivity index (χ3v) is 5.04. The molecule has 3 aromatic rings. The normalized spacial score (nSPS) is 11.9. The van der Waals surface area contributed by atoms with E-state index in [0.29, 0.717) is 5.16 Å². The van der Waals surface area contributed by atoms with Gasteiger partial charge in [-0.25, -0.2) is 4.98 Å². The summed E-state index contributed by atoms with van der Waals surface area (Å²) in [6, 6.07) is 11.9. The molecule has 0 spiro atoms. The average molecular weight is 356 g/mol. The van der Waals surface area contributed by atoms with Gasteiger partial charge >= 0.3 is 0 Å². The Morgan fingerprint density at radius 2 is 1.92 bits per heavy atom. The van der Waals surface area contributed by atoms with Gasteiger partial charge in [0.1, 0.15) is 11.4 Å². The number of aromatic nitrogens is 3. The molecule has 2 heterocycles. The van der Waals surface area contributed by atoms with Crippen LogP contribution >= 0.6 is 23.1 Å². The zero-order valence-corrected chi connectivity index (χ0v) is 14.9. The lowest BCUT2D eigenvalue weighted by molar-refractivity contribution is -0.119. The van der Waals surface area contributed by atoms with Crippen molar-refractivity contribution in [2.75, 3.05) is 7.05 Å². The first-order valence-corrected chi connectivity index (χ1v) is 9.22. The van der Waals surface area contributed by atoms with Crippen LogP contribution in [0.4, 0.5) is 0 Å². The molecule has 1 unspecified atom stereocenters. The van der Waals surface area contributed by atoms with Crippen LogP contribution in [0.5, 0.6) is 0 Å². The first-order valence-electron chi connectivity index (χ1n) is 7.40. The van der Waals surface area contributed by atoms with Crippen molar-refractivity contribution in [1.82, 2.24) is 20.5 Å². The lowest BCUT2D eigenvalue weighted by atomic mass is 10.1. The van der Waals surface area contributed by atoms with Gasteiger partial charge in [0, 0.05) is 23.6 Å². The number of thiophene rings is 1. The van der Waals surface area contributed by atoms with E-state index in [9.17, 15) is 4.79 Å². The quantitative estimate of drug-likeness (QED) is 0.709. The highest BCUT2D eigenvalue weighted by Crippen LogP contribution is 2.31. The van der Waals surface area contributed by atoms with Crippen molar-refractivity contribution >= 4 is 29.0 Å². The number of carbonyl (C=O) groups excluding carboxylic acids is 1. The van der Waals surface area contributed by atoms with Crippen molar-refractivity contribution in [3.05, 3.63) is 47.2 Å². The Morgan fingerprint density at radius 3 is 2.58 bits per heavy atom. The summed E-state index contributed by atoms with van der Waals surface area (Å²) >= 11 is 2.90. The molecule has 7 heteroatoms. The molecule has 0 fully saturated rings. The molecule has 3 rings (SSSR count).